The second-order valence-electron chi connectivity index (χ2n) is 5.88. The maximum atomic E-state index is 12.6. The summed E-state index contributed by atoms with van der Waals surface area (Å²) < 4.78 is 31.3. The Bertz CT molecular complexity index is 820. The highest BCUT2D eigenvalue weighted by Gasteiger charge is 2.24. The zero-order valence-corrected chi connectivity index (χ0v) is 16.0. The Morgan fingerprint density at radius 1 is 1.12 bits per heavy atom. The molecule has 0 saturated heterocycles. The number of rotatable bonds is 8. The lowest BCUT2D eigenvalue weighted by molar-refractivity contribution is -0.121. The molecule has 0 heterocycles. The highest BCUT2D eigenvalue weighted by Crippen LogP contribution is 2.19. The molecule has 2 rings (SSSR count). The fourth-order valence-electron chi connectivity index (χ4n) is 2.56. The van der Waals surface area contributed by atoms with Crippen molar-refractivity contribution < 1.29 is 17.9 Å². The van der Waals surface area contributed by atoms with Gasteiger partial charge in [0, 0.05) is 7.05 Å². The molecule has 6 nitrogen and oxygen atoms in total. The molecular weight excluding hydrogens is 352 g/mol. The van der Waals surface area contributed by atoms with Gasteiger partial charge in [-0.05, 0) is 36.2 Å². The number of nitrogens with zero attached hydrogens (tertiary/aromatic N) is 1. The van der Waals surface area contributed by atoms with E-state index in [1.54, 1.807) is 12.1 Å². The van der Waals surface area contributed by atoms with E-state index < -0.39 is 10.0 Å². The quantitative estimate of drug-likeness (QED) is 0.768. The van der Waals surface area contributed by atoms with Gasteiger partial charge < -0.3 is 10.1 Å². The number of methoxy groups -OCH3 is 1. The van der Waals surface area contributed by atoms with Crippen LogP contribution in [-0.2, 0) is 14.8 Å². The van der Waals surface area contributed by atoms with Gasteiger partial charge in [-0.1, -0.05) is 37.3 Å². The molecule has 0 aromatic heterocycles. The van der Waals surface area contributed by atoms with Crippen molar-refractivity contribution in [3.63, 3.8) is 0 Å². The predicted molar refractivity (Wildman–Crippen MR) is 100 cm³/mol. The molecule has 26 heavy (non-hydrogen) atoms. The van der Waals surface area contributed by atoms with Gasteiger partial charge >= 0.3 is 0 Å². The maximum absolute atomic E-state index is 12.6. The average molecular weight is 376 g/mol. The monoisotopic (exact) mass is 376 g/mol. The lowest BCUT2D eigenvalue weighted by atomic mass is 10.0. The second-order valence-corrected chi connectivity index (χ2v) is 7.92. The smallest absolute Gasteiger partial charge is 0.243 e. The molecule has 0 fully saturated rings. The summed E-state index contributed by atoms with van der Waals surface area (Å²) in [4.78, 5) is 12.5. The molecule has 1 atom stereocenters. The van der Waals surface area contributed by atoms with Crippen molar-refractivity contribution in [2.24, 2.45) is 0 Å². The van der Waals surface area contributed by atoms with Crippen molar-refractivity contribution in [2.45, 2.75) is 24.3 Å². The molecule has 1 N–H and O–H groups in total. The summed E-state index contributed by atoms with van der Waals surface area (Å²) in [6.45, 7) is 1.72. The summed E-state index contributed by atoms with van der Waals surface area (Å²) in [5.41, 5.74) is 0.990. The van der Waals surface area contributed by atoms with Crippen molar-refractivity contribution in [1.29, 1.82) is 0 Å². The average Bonchev–Trinajstić information content (AvgIpc) is 2.66. The molecule has 140 valence electrons. The minimum atomic E-state index is -3.75. The van der Waals surface area contributed by atoms with Crippen molar-refractivity contribution >= 4 is 15.9 Å². The molecular formula is C19H24N2O4S. The van der Waals surface area contributed by atoms with Crippen molar-refractivity contribution in [2.75, 3.05) is 20.7 Å². The summed E-state index contributed by atoms with van der Waals surface area (Å²) in [6.07, 6.45) is 0.713. The van der Waals surface area contributed by atoms with E-state index in [0.717, 1.165) is 9.87 Å². The van der Waals surface area contributed by atoms with E-state index in [2.05, 4.69) is 5.32 Å². The molecule has 7 heteroatoms. The Labute approximate surface area is 154 Å². The van der Waals surface area contributed by atoms with E-state index in [1.165, 1.54) is 26.3 Å². The van der Waals surface area contributed by atoms with Crippen LogP contribution in [0.3, 0.4) is 0 Å². The van der Waals surface area contributed by atoms with Gasteiger partial charge in [-0.2, -0.15) is 4.31 Å². The van der Waals surface area contributed by atoms with Gasteiger partial charge in [-0.25, -0.2) is 8.42 Å². The van der Waals surface area contributed by atoms with E-state index in [-0.39, 0.29) is 23.4 Å². The van der Waals surface area contributed by atoms with Gasteiger partial charge in [0.05, 0.1) is 24.6 Å². The lowest BCUT2D eigenvalue weighted by Gasteiger charge is -2.21. The van der Waals surface area contributed by atoms with Crippen LogP contribution in [0.15, 0.2) is 59.5 Å². The van der Waals surface area contributed by atoms with E-state index >= 15 is 0 Å². The SMILES string of the molecule is CCC(NC(=O)CN(C)S(=O)(=O)c1ccc(OC)cc1)c1ccccc1. The van der Waals surface area contributed by atoms with Gasteiger partial charge in [0.2, 0.25) is 15.9 Å². The van der Waals surface area contributed by atoms with Crippen LogP contribution < -0.4 is 10.1 Å². The standard InChI is InChI=1S/C19H24N2O4S/c1-4-18(15-8-6-5-7-9-15)20-19(22)14-21(2)26(23,24)17-12-10-16(25-3)11-13-17/h5-13,18H,4,14H2,1-3H3,(H,20,22). The Balaban J connectivity index is 2.05. The van der Waals surface area contributed by atoms with Gasteiger partial charge in [0.15, 0.2) is 0 Å². The first-order valence-electron chi connectivity index (χ1n) is 8.33. The maximum Gasteiger partial charge on any atom is 0.243 e. The van der Waals surface area contributed by atoms with E-state index in [0.29, 0.717) is 12.2 Å². The van der Waals surface area contributed by atoms with E-state index in [4.69, 9.17) is 4.74 Å². The molecule has 0 aliphatic carbocycles. The number of ether oxygens (including phenoxy) is 1. The number of carbonyl (C=O) groups is 1. The Kier molecular flexibility index (Phi) is 6.76. The molecule has 0 spiro atoms. The number of sulfonamides is 1. The Morgan fingerprint density at radius 3 is 2.27 bits per heavy atom. The highest BCUT2D eigenvalue weighted by atomic mass is 32.2. The third-order valence-electron chi connectivity index (χ3n) is 4.08. The number of amides is 1. The Morgan fingerprint density at radius 2 is 1.73 bits per heavy atom. The first kappa shape index (κ1) is 19.9. The van der Waals surface area contributed by atoms with E-state index in [1.807, 2.05) is 37.3 Å². The normalized spacial score (nSPS) is 12.6. The zero-order valence-electron chi connectivity index (χ0n) is 15.2. The van der Waals surface area contributed by atoms with Crippen LogP contribution in [0.5, 0.6) is 5.75 Å². The molecule has 0 aliphatic rings. The summed E-state index contributed by atoms with van der Waals surface area (Å²) in [6, 6.07) is 15.5. The minimum Gasteiger partial charge on any atom is -0.497 e. The number of hydrogen-bond acceptors (Lipinski definition) is 4. The number of benzene rings is 2. The van der Waals surface area contributed by atoms with E-state index in [9.17, 15) is 13.2 Å². The number of nitrogens with one attached hydrogen (secondary N) is 1. The molecule has 2 aromatic rings. The van der Waals surface area contributed by atoms with Gasteiger partial charge in [-0.15, -0.1) is 0 Å². The minimum absolute atomic E-state index is 0.115. The van der Waals surface area contributed by atoms with Crippen molar-refractivity contribution in [3.05, 3.63) is 60.2 Å². The van der Waals surface area contributed by atoms with Gasteiger partial charge in [0.1, 0.15) is 5.75 Å². The summed E-state index contributed by atoms with van der Waals surface area (Å²) >= 11 is 0. The fraction of sp³-hybridized carbons (Fsp3) is 0.316. The molecule has 2 aromatic carbocycles. The molecule has 1 amide bonds. The lowest BCUT2D eigenvalue weighted by Crippen LogP contribution is -2.39. The fourth-order valence-corrected chi connectivity index (χ4v) is 3.69. The first-order chi connectivity index (χ1) is 12.4. The van der Waals surface area contributed by atoms with Crippen LogP contribution in [0.2, 0.25) is 0 Å². The third kappa shape index (κ3) is 4.83. The third-order valence-corrected chi connectivity index (χ3v) is 5.90. The van der Waals surface area contributed by atoms with Crippen molar-refractivity contribution in [3.8, 4) is 5.75 Å². The number of likely N-dealkylation sites (N-methyl/N-ethyl adjacent to an activating group) is 1. The number of hydrogen-bond donors (Lipinski definition) is 1. The zero-order chi connectivity index (χ0) is 19.2. The summed E-state index contributed by atoms with van der Waals surface area (Å²) in [5, 5.41) is 2.89. The van der Waals surface area contributed by atoms with Crippen LogP contribution in [-0.4, -0.2) is 39.3 Å². The predicted octanol–water partition coefficient (Wildman–Crippen LogP) is 2.58. The van der Waals surface area contributed by atoms with Crippen LogP contribution in [0, 0.1) is 0 Å². The number of carbonyl (C=O) groups excluding carboxylic acids is 1. The largest absolute Gasteiger partial charge is 0.497 e. The summed E-state index contributed by atoms with van der Waals surface area (Å²) in [5.74, 6) is 0.221. The molecule has 0 saturated carbocycles. The molecule has 0 radical (unpaired) electrons. The van der Waals surface area contributed by atoms with Gasteiger partial charge in [0.25, 0.3) is 0 Å². The van der Waals surface area contributed by atoms with Crippen LogP contribution >= 0.6 is 0 Å². The second kappa shape index (κ2) is 8.82. The topological polar surface area (TPSA) is 75.7 Å². The van der Waals surface area contributed by atoms with Crippen LogP contribution in [0.25, 0.3) is 0 Å². The van der Waals surface area contributed by atoms with Crippen LogP contribution in [0.1, 0.15) is 24.9 Å². The molecule has 0 aliphatic heterocycles. The van der Waals surface area contributed by atoms with Crippen molar-refractivity contribution in [1.82, 2.24) is 9.62 Å². The van der Waals surface area contributed by atoms with Crippen LogP contribution in [0.4, 0.5) is 0 Å². The summed E-state index contributed by atoms with van der Waals surface area (Å²) in [7, 11) is -0.847. The highest BCUT2D eigenvalue weighted by molar-refractivity contribution is 7.89. The molecule has 1 unspecified atom stereocenters. The Hall–Kier alpha value is -2.38. The molecule has 0 bridgehead atoms. The van der Waals surface area contributed by atoms with Gasteiger partial charge in [-0.3, -0.25) is 4.79 Å². The first-order valence-corrected chi connectivity index (χ1v) is 9.77.